The lowest BCUT2D eigenvalue weighted by Crippen LogP contribution is -2.53. The first-order valence-electron chi connectivity index (χ1n) is 10.8. The molecule has 152 valence electrons. The second-order valence-corrected chi connectivity index (χ2v) is 8.95. The Balaban J connectivity index is 1.31. The van der Waals surface area contributed by atoms with Gasteiger partial charge in [-0.3, -0.25) is 9.59 Å². The molecule has 2 amide bonds. The van der Waals surface area contributed by atoms with Gasteiger partial charge >= 0.3 is 0 Å². The topological polar surface area (TPSA) is 49.9 Å². The van der Waals surface area contributed by atoms with Crippen molar-refractivity contribution in [2.75, 3.05) is 32.8 Å². The fraction of sp³-hybridized carbons (Fsp3) is 0.652. The van der Waals surface area contributed by atoms with Crippen LogP contribution in [0.25, 0.3) is 0 Å². The fourth-order valence-corrected chi connectivity index (χ4v) is 4.93. The number of piperidine rings is 2. The quantitative estimate of drug-likeness (QED) is 0.802. The normalized spacial score (nSPS) is 24.8. The molecular formula is C23H32N2O3. The lowest BCUT2D eigenvalue weighted by Gasteiger charge is -2.47. The number of amides is 2. The molecule has 0 aliphatic carbocycles. The van der Waals surface area contributed by atoms with Crippen LogP contribution in [0.15, 0.2) is 24.3 Å². The van der Waals surface area contributed by atoms with Crippen molar-refractivity contribution < 1.29 is 14.3 Å². The molecule has 3 aliphatic rings. The van der Waals surface area contributed by atoms with Crippen molar-refractivity contribution in [1.82, 2.24) is 9.80 Å². The molecule has 0 aromatic heterocycles. The van der Waals surface area contributed by atoms with Crippen molar-refractivity contribution in [1.29, 1.82) is 0 Å². The Labute approximate surface area is 168 Å². The van der Waals surface area contributed by atoms with Crippen LogP contribution >= 0.6 is 0 Å². The molecule has 1 aromatic carbocycles. The van der Waals surface area contributed by atoms with Crippen molar-refractivity contribution >= 4 is 11.8 Å². The summed E-state index contributed by atoms with van der Waals surface area (Å²) >= 11 is 0. The number of hydrogen-bond acceptors (Lipinski definition) is 3. The molecular weight excluding hydrogens is 352 g/mol. The summed E-state index contributed by atoms with van der Waals surface area (Å²) in [6, 6.07) is 8.23. The smallest absolute Gasteiger partial charge is 0.226 e. The molecule has 3 aliphatic heterocycles. The molecule has 0 radical (unpaired) electrons. The summed E-state index contributed by atoms with van der Waals surface area (Å²) in [5, 5.41) is 0. The predicted octanol–water partition coefficient (Wildman–Crippen LogP) is 2.95. The lowest BCUT2D eigenvalue weighted by molar-refractivity contribution is -0.143. The van der Waals surface area contributed by atoms with Gasteiger partial charge in [-0.05, 0) is 50.0 Å². The molecule has 3 fully saturated rings. The summed E-state index contributed by atoms with van der Waals surface area (Å²) in [6.07, 6.45) is 6.49. The first-order valence-corrected chi connectivity index (χ1v) is 10.8. The minimum atomic E-state index is 0.188. The van der Waals surface area contributed by atoms with Crippen LogP contribution in [0.1, 0.15) is 49.7 Å². The maximum atomic E-state index is 12.7. The summed E-state index contributed by atoms with van der Waals surface area (Å²) < 4.78 is 5.75. The largest absolute Gasteiger partial charge is 0.376 e. The van der Waals surface area contributed by atoms with Crippen LogP contribution in [0, 0.1) is 12.3 Å². The Morgan fingerprint density at radius 2 is 1.93 bits per heavy atom. The van der Waals surface area contributed by atoms with Gasteiger partial charge in [0.25, 0.3) is 0 Å². The molecule has 5 nitrogen and oxygen atoms in total. The van der Waals surface area contributed by atoms with E-state index in [0.717, 1.165) is 70.5 Å². The highest BCUT2D eigenvalue weighted by Gasteiger charge is 2.42. The van der Waals surface area contributed by atoms with Crippen LogP contribution in [0.5, 0.6) is 0 Å². The molecule has 5 heteroatoms. The zero-order valence-corrected chi connectivity index (χ0v) is 17.0. The minimum Gasteiger partial charge on any atom is -0.376 e. The van der Waals surface area contributed by atoms with Gasteiger partial charge in [-0.2, -0.15) is 0 Å². The Bertz CT molecular complexity index is 701. The fourth-order valence-electron chi connectivity index (χ4n) is 4.93. The number of rotatable bonds is 4. The zero-order chi connectivity index (χ0) is 19.6. The highest BCUT2D eigenvalue weighted by atomic mass is 16.5. The van der Waals surface area contributed by atoms with E-state index in [1.807, 2.05) is 21.9 Å². The third-order valence-electron chi connectivity index (χ3n) is 6.85. The van der Waals surface area contributed by atoms with Gasteiger partial charge in [0.2, 0.25) is 11.8 Å². The zero-order valence-electron chi connectivity index (χ0n) is 17.0. The van der Waals surface area contributed by atoms with E-state index in [4.69, 9.17) is 4.74 Å². The van der Waals surface area contributed by atoms with E-state index in [2.05, 4.69) is 19.1 Å². The number of benzene rings is 1. The van der Waals surface area contributed by atoms with Gasteiger partial charge < -0.3 is 14.5 Å². The van der Waals surface area contributed by atoms with E-state index in [1.54, 1.807) is 0 Å². The summed E-state index contributed by atoms with van der Waals surface area (Å²) in [4.78, 5) is 29.2. The van der Waals surface area contributed by atoms with Crippen molar-refractivity contribution in [3.05, 3.63) is 35.4 Å². The number of hydrogen-bond donors (Lipinski definition) is 0. The van der Waals surface area contributed by atoms with E-state index in [9.17, 15) is 9.59 Å². The van der Waals surface area contributed by atoms with Crippen molar-refractivity contribution in [3.63, 3.8) is 0 Å². The number of aryl methyl sites for hydroxylation is 1. The number of nitrogens with zero attached hydrogens (tertiary/aromatic N) is 2. The van der Waals surface area contributed by atoms with Crippen LogP contribution in [0.3, 0.4) is 0 Å². The average molecular weight is 385 g/mol. The maximum Gasteiger partial charge on any atom is 0.226 e. The second kappa shape index (κ2) is 8.24. The monoisotopic (exact) mass is 384 g/mol. The Hall–Kier alpha value is -1.88. The third-order valence-corrected chi connectivity index (χ3v) is 6.85. The molecule has 0 N–H and O–H groups in total. The molecule has 3 heterocycles. The third kappa shape index (κ3) is 4.40. The van der Waals surface area contributed by atoms with E-state index >= 15 is 0 Å². The van der Waals surface area contributed by atoms with E-state index in [0.29, 0.717) is 12.8 Å². The van der Waals surface area contributed by atoms with Crippen LogP contribution in [-0.2, 0) is 20.7 Å². The number of carbonyl (C=O) groups is 2. The Morgan fingerprint density at radius 3 is 2.61 bits per heavy atom. The van der Waals surface area contributed by atoms with Crippen molar-refractivity contribution in [3.8, 4) is 0 Å². The number of likely N-dealkylation sites (tertiary alicyclic amines) is 2. The van der Waals surface area contributed by atoms with Crippen molar-refractivity contribution in [2.24, 2.45) is 5.41 Å². The predicted molar refractivity (Wildman–Crippen MR) is 108 cm³/mol. The highest BCUT2D eigenvalue weighted by molar-refractivity contribution is 5.79. The number of ether oxygens (including phenoxy) is 1. The molecule has 0 unspecified atom stereocenters. The standard InChI is InChI=1S/C23H32N2O3/c1-18-4-6-19(7-5-18)15-22(27)24-12-10-23(11-13-24)9-8-21(26)25(17-23)16-20-3-2-14-28-20/h4-7,20H,2-3,8-17H2,1H3/t20-/m0/s1. The van der Waals surface area contributed by atoms with Crippen LogP contribution < -0.4 is 0 Å². The van der Waals surface area contributed by atoms with Crippen LogP contribution in [0.2, 0.25) is 0 Å². The van der Waals surface area contributed by atoms with Gasteiger partial charge in [-0.15, -0.1) is 0 Å². The van der Waals surface area contributed by atoms with Gasteiger partial charge in [0.1, 0.15) is 0 Å². The Morgan fingerprint density at radius 1 is 1.18 bits per heavy atom. The first-order chi connectivity index (χ1) is 13.5. The molecule has 0 bridgehead atoms. The molecule has 3 saturated heterocycles. The molecule has 1 spiro atoms. The van der Waals surface area contributed by atoms with Crippen molar-refractivity contribution in [2.45, 2.75) is 58.0 Å². The summed E-state index contributed by atoms with van der Waals surface area (Å²) in [6.45, 7) is 6.10. The summed E-state index contributed by atoms with van der Waals surface area (Å²) in [7, 11) is 0. The second-order valence-electron chi connectivity index (χ2n) is 8.95. The van der Waals surface area contributed by atoms with Gasteiger partial charge in [0, 0.05) is 39.2 Å². The minimum absolute atomic E-state index is 0.188. The molecule has 28 heavy (non-hydrogen) atoms. The molecule has 0 saturated carbocycles. The highest BCUT2D eigenvalue weighted by Crippen LogP contribution is 2.40. The Kier molecular flexibility index (Phi) is 5.72. The SMILES string of the molecule is Cc1ccc(CC(=O)N2CCC3(CCC(=O)N(C[C@@H]4CCCO4)C3)CC2)cc1. The molecule has 1 aromatic rings. The van der Waals surface area contributed by atoms with Gasteiger partial charge in [0.15, 0.2) is 0 Å². The van der Waals surface area contributed by atoms with E-state index < -0.39 is 0 Å². The lowest BCUT2D eigenvalue weighted by atomic mass is 9.72. The number of carbonyl (C=O) groups excluding carboxylic acids is 2. The molecule has 1 atom stereocenters. The van der Waals surface area contributed by atoms with Gasteiger partial charge in [0.05, 0.1) is 12.5 Å². The van der Waals surface area contributed by atoms with Crippen LogP contribution in [0.4, 0.5) is 0 Å². The van der Waals surface area contributed by atoms with E-state index in [-0.39, 0.29) is 23.3 Å². The first kappa shape index (κ1) is 19.4. The van der Waals surface area contributed by atoms with Gasteiger partial charge in [-0.25, -0.2) is 0 Å². The summed E-state index contributed by atoms with van der Waals surface area (Å²) in [5.41, 5.74) is 2.49. The van der Waals surface area contributed by atoms with E-state index in [1.165, 1.54) is 5.56 Å². The van der Waals surface area contributed by atoms with Crippen LogP contribution in [-0.4, -0.2) is 60.5 Å². The average Bonchev–Trinajstić information content (AvgIpc) is 3.20. The molecule has 4 rings (SSSR count). The maximum absolute atomic E-state index is 12.7. The van der Waals surface area contributed by atoms with Gasteiger partial charge in [-0.1, -0.05) is 29.8 Å². The summed E-state index contributed by atoms with van der Waals surface area (Å²) in [5.74, 6) is 0.501.